The Morgan fingerprint density at radius 3 is 2.31 bits per heavy atom. The second kappa shape index (κ2) is 8.77. The van der Waals surface area contributed by atoms with Crippen molar-refractivity contribution >= 4 is 35.2 Å². The fraction of sp³-hybridized carbons (Fsp3) is 0.412. The zero-order valence-electron chi connectivity index (χ0n) is 14.2. The summed E-state index contributed by atoms with van der Waals surface area (Å²) in [6.07, 6.45) is 0.426. The van der Waals surface area contributed by atoms with Crippen molar-refractivity contribution in [2.24, 2.45) is 5.92 Å². The van der Waals surface area contributed by atoms with E-state index in [9.17, 15) is 19.2 Å². The number of amides is 4. The Labute approximate surface area is 155 Å². The fourth-order valence-electron chi connectivity index (χ4n) is 2.74. The first kappa shape index (κ1) is 19.9. The third-order valence-corrected chi connectivity index (χ3v) is 4.45. The van der Waals surface area contributed by atoms with Crippen LogP contribution in [0.3, 0.4) is 0 Å². The van der Waals surface area contributed by atoms with E-state index in [1.54, 1.807) is 36.7 Å². The van der Waals surface area contributed by atoms with Gasteiger partial charge in [0.25, 0.3) is 5.91 Å². The maximum atomic E-state index is 12.4. The van der Waals surface area contributed by atoms with Crippen molar-refractivity contribution in [2.45, 2.75) is 32.2 Å². The van der Waals surface area contributed by atoms with E-state index < -0.39 is 23.8 Å². The number of carbonyl (C=O) groups is 4. The van der Waals surface area contributed by atoms with Crippen LogP contribution >= 0.6 is 11.6 Å². The summed E-state index contributed by atoms with van der Waals surface area (Å²) in [6.45, 7) is 1.54. The molecule has 2 atom stereocenters. The molecule has 1 aromatic rings. The molecule has 4 amide bonds. The van der Waals surface area contributed by atoms with E-state index in [1.807, 2.05) is 0 Å². The first-order chi connectivity index (χ1) is 12.3. The number of hydrogen-bond donors (Lipinski definition) is 3. The summed E-state index contributed by atoms with van der Waals surface area (Å²) in [7, 11) is 0. The molecule has 0 saturated carbocycles. The van der Waals surface area contributed by atoms with Crippen LogP contribution in [0.1, 0.15) is 36.5 Å². The number of nitrogens with zero attached hydrogens (tertiary/aromatic N) is 1. The zero-order chi connectivity index (χ0) is 19.3. The molecule has 140 valence electrons. The van der Waals surface area contributed by atoms with Gasteiger partial charge in [0.15, 0.2) is 0 Å². The molecular weight excluding hydrogens is 362 g/mol. The highest BCUT2D eigenvalue weighted by Crippen LogP contribution is 2.16. The van der Waals surface area contributed by atoms with Gasteiger partial charge in [0, 0.05) is 41.9 Å². The first-order valence-electron chi connectivity index (χ1n) is 8.15. The molecule has 2 rings (SSSR count). The third-order valence-electron chi connectivity index (χ3n) is 4.20. The summed E-state index contributed by atoms with van der Waals surface area (Å²) in [6, 6.07) is 5.59. The maximum absolute atomic E-state index is 12.4. The molecule has 8 nitrogen and oxygen atoms in total. The van der Waals surface area contributed by atoms with Gasteiger partial charge < -0.3 is 5.32 Å². The lowest BCUT2D eigenvalue weighted by atomic mass is 10.00. The topological polar surface area (TPSA) is 116 Å². The van der Waals surface area contributed by atoms with E-state index >= 15 is 0 Å². The molecule has 1 saturated heterocycles. The predicted octanol–water partition coefficient (Wildman–Crippen LogP) is 1.12. The first-order valence-corrected chi connectivity index (χ1v) is 8.53. The van der Waals surface area contributed by atoms with E-state index in [2.05, 4.69) is 5.32 Å². The molecule has 0 radical (unpaired) electrons. The monoisotopic (exact) mass is 381 g/mol. The largest absolute Gasteiger partial charge is 0.347 e. The highest BCUT2D eigenvalue weighted by atomic mass is 35.5. The lowest BCUT2D eigenvalue weighted by Gasteiger charge is -2.25. The van der Waals surface area contributed by atoms with Crippen LogP contribution in [-0.4, -0.2) is 46.3 Å². The average Bonchev–Trinajstić information content (AvgIpc) is 2.93. The van der Waals surface area contributed by atoms with Crippen LogP contribution in [0.25, 0.3) is 0 Å². The molecule has 0 bridgehead atoms. The van der Waals surface area contributed by atoms with E-state index in [-0.39, 0.29) is 37.6 Å². The summed E-state index contributed by atoms with van der Waals surface area (Å²) in [5, 5.41) is 12.0. The van der Waals surface area contributed by atoms with Gasteiger partial charge >= 0.3 is 0 Å². The summed E-state index contributed by atoms with van der Waals surface area (Å²) in [5.74, 6) is -2.28. The molecule has 0 aliphatic carbocycles. The Kier molecular flexibility index (Phi) is 6.70. The number of halogens is 1. The minimum Gasteiger partial charge on any atom is -0.347 e. The number of hydroxylamine groups is 1. The zero-order valence-corrected chi connectivity index (χ0v) is 15.0. The molecule has 3 N–H and O–H groups in total. The van der Waals surface area contributed by atoms with Gasteiger partial charge in [0.05, 0.1) is 0 Å². The van der Waals surface area contributed by atoms with Crippen LogP contribution < -0.4 is 10.8 Å². The molecule has 1 fully saturated rings. The van der Waals surface area contributed by atoms with Crippen molar-refractivity contribution in [1.29, 1.82) is 0 Å². The lowest BCUT2D eigenvalue weighted by molar-refractivity contribution is -0.138. The van der Waals surface area contributed by atoms with Crippen LogP contribution in [0.2, 0.25) is 5.02 Å². The van der Waals surface area contributed by atoms with Crippen LogP contribution in [-0.2, 0) is 14.4 Å². The molecule has 1 aromatic carbocycles. The minimum atomic E-state index is -0.642. The van der Waals surface area contributed by atoms with Crippen molar-refractivity contribution in [3.05, 3.63) is 34.9 Å². The Morgan fingerprint density at radius 1 is 1.19 bits per heavy atom. The summed E-state index contributed by atoms with van der Waals surface area (Å²) in [5.41, 5.74) is 1.92. The molecular formula is C17H20ClN3O5. The number of benzene rings is 1. The van der Waals surface area contributed by atoms with Crippen LogP contribution in [0, 0.1) is 5.92 Å². The van der Waals surface area contributed by atoms with E-state index in [0.717, 1.165) is 4.90 Å². The smallest absolute Gasteiger partial charge is 0.251 e. The van der Waals surface area contributed by atoms with Gasteiger partial charge in [-0.15, -0.1) is 0 Å². The van der Waals surface area contributed by atoms with E-state index in [4.69, 9.17) is 16.8 Å². The number of carbonyl (C=O) groups excluding carboxylic acids is 4. The quantitative estimate of drug-likeness (QED) is 0.372. The summed E-state index contributed by atoms with van der Waals surface area (Å²) < 4.78 is 0. The van der Waals surface area contributed by atoms with Crippen molar-refractivity contribution in [1.82, 2.24) is 15.7 Å². The minimum absolute atomic E-state index is 0.0277. The Morgan fingerprint density at radius 2 is 1.77 bits per heavy atom. The maximum Gasteiger partial charge on any atom is 0.251 e. The molecule has 26 heavy (non-hydrogen) atoms. The average molecular weight is 382 g/mol. The van der Waals surface area contributed by atoms with Gasteiger partial charge in [-0.25, -0.2) is 5.48 Å². The van der Waals surface area contributed by atoms with Gasteiger partial charge in [-0.05, 0) is 30.7 Å². The number of imide groups is 1. The summed E-state index contributed by atoms with van der Waals surface area (Å²) in [4.78, 5) is 48.8. The van der Waals surface area contributed by atoms with Crippen LogP contribution in [0.15, 0.2) is 24.3 Å². The predicted molar refractivity (Wildman–Crippen MR) is 92.4 cm³/mol. The molecule has 0 spiro atoms. The van der Waals surface area contributed by atoms with Gasteiger partial charge in [-0.1, -0.05) is 18.5 Å². The molecule has 0 unspecified atom stereocenters. The van der Waals surface area contributed by atoms with Gasteiger partial charge in [0.2, 0.25) is 17.7 Å². The molecule has 1 aliphatic heterocycles. The molecule has 9 heteroatoms. The van der Waals surface area contributed by atoms with Crippen LogP contribution in [0.4, 0.5) is 0 Å². The van der Waals surface area contributed by atoms with E-state index in [1.165, 1.54) is 0 Å². The summed E-state index contributed by atoms with van der Waals surface area (Å²) >= 11 is 5.81. The third kappa shape index (κ3) is 5.03. The van der Waals surface area contributed by atoms with Crippen molar-refractivity contribution in [2.75, 3.05) is 6.54 Å². The van der Waals surface area contributed by atoms with Crippen molar-refractivity contribution < 1.29 is 24.4 Å². The lowest BCUT2D eigenvalue weighted by Crippen LogP contribution is -2.47. The molecule has 0 aromatic heterocycles. The molecule has 1 aliphatic rings. The van der Waals surface area contributed by atoms with Crippen molar-refractivity contribution in [3.8, 4) is 0 Å². The number of nitrogens with one attached hydrogen (secondary N) is 2. The highest BCUT2D eigenvalue weighted by molar-refractivity contribution is 6.30. The second-order valence-corrected chi connectivity index (χ2v) is 6.62. The number of likely N-dealkylation sites (tertiary alicyclic amines) is 1. The van der Waals surface area contributed by atoms with Gasteiger partial charge in [0.1, 0.15) is 0 Å². The normalized spacial score (nSPS) is 16.3. The van der Waals surface area contributed by atoms with Gasteiger partial charge in [-0.2, -0.15) is 0 Å². The molecule has 1 heterocycles. The Hall–Kier alpha value is -2.45. The SMILES string of the molecule is C[C@@H](C[C@@H](CN1C(=O)CCC1=O)NC(=O)c1ccc(Cl)cc1)C(=O)NO. The van der Waals surface area contributed by atoms with E-state index in [0.29, 0.717) is 10.6 Å². The number of hydrogen-bond acceptors (Lipinski definition) is 5. The highest BCUT2D eigenvalue weighted by Gasteiger charge is 2.32. The van der Waals surface area contributed by atoms with Gasteiger partial charge in [-0.3, -0.25) is 29.3 Å². The standard InChI is InChI=1S/C17H20ClN3O5/c1-10(16(24)20-26)8-13(9-21-14(22)6-7-15(21)23)19-17(25)11-2-4-12(18)5-3-11/h2-5,10,13,26H,6-9H2,1H3,(H,19,25)(H,20,24)/t10-,13-/m0/s1. The number of rotatable bonds is 7. The second-order valence-electron chi connectivity index (χ2n) is 6.19. The Balaban J connectivity index is 2.12. The van der Waals surface area contributed by atoms with Crippen LogP contribution in [0.5, 0.6) is 0 Å². The fourth-order valence-corrected chi connectivity index (χ4v) is 2.87. The van der Waals surface area contributed by atoms with Crippen molar-refractivity contribution in [3.63, 3.8) is 0 Å². The Bertz CT molecular complexity index is 691.